The van der Waals surface area contributed by atoms with E-state index in [1.807, 2.05) is 24.3 Å². The summed E-state index contributed by atoms with van der Waals surface area (Å²) < 4.78 is 45.7. The molecule has 20 heavy (non-hydrogen) atoms. The van der Waals surface area contributed by atoms with Crippen LogP contribution in [-0.4, -0.2) is 38.6 Å². The summed E-state index contributed by atoms with van der Waals surface area (Å²) in [6.07, 6.45) is -2.72. The number of hydrogen-bond donors (Lipinski definition) is 1. The second-order valence-corrected chi connectivity index (χ2v) is 4.78. The van der Waals surface area contributed by atoms with Crippen LogP contribution in [0.1, 0.15) is 12.0 Å². The van der Waals surface area contributed by atoms with Gasteiger partial charge in [-0.25, -0.2) is 0 Å². The van der Waals surface area contributed by atoms with Crippen molar-refractivity contribution in [3.63, 3.8) is 0 Å². The summed E-state index contributed by atoms with van der Waals surface area (Å²) in [6, 6.07) is 7.91. The predicted molar refractivity (Wildman–Crippen MR) is 68.9 cm³/mol. The van der Waals surface area contributed by atoms with Crippen molar-refractivity contribution in [2.75, 3.05) is 26.3 Å². The van der Waals surface area contributed by atoms with Gasteiger partial charge in [0.25, 0.3) is 0 Å². The highest BCUT2D eigenvalue weighted by molar-refractivity contribution is 5.37. The summed E-state index contributed by atoms with van der Waals surface area (Å²) in [4.78, 5) is 0. The van der Waals surface area contributed by atoms with E-state index < -0.39 is 12.8 Å². The van der Waals surface area contributed by atoms with Crippen LogP contribution < -0.4 is 10.1 Å². The molecule has 6 heteroatoms. The fraction of sp³-hybridized carbons (Fsp3) is 0.571. The summed E-state index contributed by atoms with van der Waals surface area (Å²) in [6.45, 7) is 0.244. The summed E-state index contributed by atoms with van der Waals surface area (Å²) in [5.74, 6) is 0.924. The molecule has 1 aliphatic rings. The molecule has 1 N–H and O–H groups in total. The molecular weight excluding hydrogens is 271 g/mol. The first kappa shape index (κ1) is 15.1. The highest BCUT2D eigenvalue weighted by atomic mass is 19.4. The van der Waals surface area contributed by atoms with Crippen LogP contribution in [-0.2, 0) is 11.2 Å². The second kappa shape index (κ2) is 6.95. The molecule has 0 spiro atoms. The number of rotatable bonds is 7. The Balaban J connectivity index is 1.51. The van der Waals surface area contributed by atoms with Crippen molar-refractivity contribution in [1.29, 1.82) is 0 Å². The third kappa shape index (κ3) is 5.02. The third-order valence-electron chi connectivity index (χ3n) is 2.99. The molecule has 1 aromatic rings. The van der Waals surface area contributed by atoms with Crippen LogP contribution in [0.4, 0.5) is 13.2 Å². The topological polar surface area (TPSA) is 30.5 Å². The first-order valence-corrected chi connectivity index (χ1v) is 6.64. The number of ether oxygens (including phenoxy) is 2. The minimum absolute atomic E-state index is 0.100. The molecule has 1 aliphatic heterocycles. The largest absolute Gasteiger partial charge is 0.488 e. The van der Waals surface area contributed by atoms with Crippen molar-refractivity contribution >= 4 is 0 Å². The van der Waals surface area contributed by atoms with Crippen LogP contribution >= 0.6 is 0 Å². The molecule has 2 rings (SSSR count). The second-order valence-electron chi connectivity index (χ2n) is 4.78. The molecule has 0 aromatic heterocycles. The molecule has 0 bridgehead atoms. The normalized spacial score (nSPS) is 17.9. The van der Waals surface area contributed by atoms with Crippen molar-refractivity contribution in [3.8, 4) is 5.75 Å². The number of halogens is 3. The van der Waals surface area contributed by atoms with E-state index in [0.717, 1.165) is 12.2 Å². The number of hydrogen-bond acceptors (Lipinski definition) is 3. The van der Waals surface area contributed by atoms with E-state index in [1.54, 1.807) is 0 Å². The number of benzene rings is 1. The van der Waals surface area contributed by atoms with Crippen LogP contribution in [0.25, 0.3) is 0 Å². The smallest absolute Gasteiger partial charge is 0.411 e. The fourth-order valence-electron chi connectivity index (χ4n) is 2.12. The zero-order valence-corrected chi connectivity index (χ0v) is 11.1. The molecule has 3 nitrogen and oxygen atoms in total. The molecule has 0 fully saturated rings. The summed E-state index contributed by atoms with van der Waals surface area (Å²) in [7, 11) is 0. The zero-order chi connectivity index (χ0) is 14.4. The number of nitrogens with one attached hydrogen (secondary N) is 1. The SMILES string of the molecule is FC(F)(F)COCCCNCC1Cc2ccccc2O1. The number of fused-ring (bicyclic) bond motifs is 1. The van der Waals surface area contributed by atoms with Crippen molar-refractivity contribution in [1.82, 2.24) is 5.32 Å². The van der Waals surface area contributed by atoms with E-state index in [1.165, 1.54) is 5.56 Å². The van der Waals surface area contributed by atoms with Gasteiger partial charge in [-0.1, -0.05) is 18.2 Å². The molecule has 1 atom stereocenters. The Labute approximate surface area is 116 Å². The maximum Gasteiger partial charge on any atom is 0.411 e. The Bertz CT molecular complexity index is 398. The van der Waals surface area contributed by atoms with E-state index in [4.69, 9.17) is 4.74 Å². The van der Waals surface area contributed by atoms with Gasteiger partial charge < -0.3 is 14.8 Å². The third-order valence-corrected chi connectivity index (χ3v) is 2.99. The van der Waals surface area contributed by atoms with Gasteiger partial charge in [-0.2, -0.15) is 13.2 Å². The Kier molecular flexibility index (Phi) is 5.25. The van der Waals surface area contributed by atoms with Gasteiger partial charge in [0, 0.05) is 19.6 Å². The molecule has 1 unspecified atom stereocenters. The minimum Gasteiger partial charge on any atom is -0.488 e. The van der Waals surface area contributed by atoms with Crippen LogP contribution in [0, 0.1) is 0 Å². The summed E-state index contributed by atoms with van der Waals surface area (Å²) in [5.41, 5.74) is 1.20. The van der Waals surface area contributed by atoms with E-state index in [-0.39, 0.29) is 12.7 Å². The van der Waals surface area contributed by atoms with E-state index in [9.17, 15) is 13.2 Å². The molecule has 1 aromatic carbocycles. The van der Waals surface area contributed by atoms with Gasteiger partial charge in [0.05, 0.1) is 0 Å². The molecule has 0 aliphatic carbocycles. The average molecular weight is 289 g/mol. The lowest BCUT2D eigenvalue weighted by Gasteiger charge is -2.12. The van der Waals surface area contributed by atoms with Gasteiger partial charge in [-0.05, 0) is 24.6 Å². The quantitative estimate of drug-likeness (QED) is 0.783. The molecule has 0 radical (unpaired) electrons. The molecule has 0 saturated carbocycles. The van der Waals surface area contributed by atoms with Gasteiger partial charge in [-0.15, -0.1) is 0 Å². The van der Waals surface area contributed by atoms with Crippen LogP contribution in [0.5, 0.6) is 5.75 Å². The van der Waals surface area contributed by atoms with Gasteiger partial charge in [0.1, 0.15) is 18.5 Å². The highest BCUT2D eigenvalue weighted by Gasteiger charge is 2.27. The van der Waals surface area contributed by atoms with E-state index >= 15 is 0 Å². The molecule has 0 amide bonds. The van der Waals surface area contributed by atoms with E-state index in [2.05, 4.69) is 10.1 Å². The molecule has 0 saturated heterocycles. The Morgan fingerprint density at radius 1 is 1.30 bits per heavy atom. The Morgan fingerprint density at radius 2 is 2.10 bits per heavy atom. The van der Waals surface area contributed by atoms with E-state index in [0.29, 0.717) is 19.5 Å². The van der Waals surface area contributed by atoms with Crippen molar-refractivity contribution < 1.29 is 22.6 Å². The highest BCUT2D eigenvalue weighted by Crippen LogP contribution is 2.27. The monoisotopic (exact) mass is 289 g/mol. The first-order valence-electron chi connectivity index (χ1n) is 6.64. The van der Waals surface area contributed by atoms with Gasteiger partial charge in [-0.3, -0.25) is 0 Å². The molecular formula is C14H18F3NO2. The molecule has 1 heterocycles. The van der Waals surface area contributed by atoms with Crippen LogP contribution in [0.3, 0.4) is 0 Å². The maximum absolute atomic E-state index is 11.8. The standard InChI is InChI=1S/C14H18F3NO2/c15-14(16,17)10-19-7-3-6-18-9-12-8-11-4-1-2-5-13(11)20-12/h1-2,4-5,12,18H,3,6-10H2. The lowest BCUT2D eigenvalue weighted by atomic mass is 10.1. The summed E-state index contributed by atoms with van der Waals surface area (Å²) in [5, 5.41) is 3.17. The fourth-order valence-corrected chi connectivity index (χ4v) is 2.12. The lowest BCUT2D eigenvalue weighted by Crippen LogP contribution is -2.31. The van der Waals surface area contributed by atoms with Crippen LogP contribution in [0.15, 0.2) is 24.3 Å². The molecule has 112 valence electrons. The van der Waals surface area contributed by atoms with Gasteiger partial charge >= 0.3 is 6.18 Å². The van der Waals surface area contributed by atoms with Gasteiger partial charge in [0.15, 0.2) is 0 Å². The number of alkyl halides is 3. The zero-order valence-electron chi connectivity index (χ0n) is 11.1. The lowest BCUT2D eigenvalue weighted by molar-refractivity contribution is -0.173. The van der Waals surface area contributed by atoms with Gasteiger partial charge in [0.2, 0.25) is 0 Å². The van der Waals surface area contributed by atoms with Crippen LogP contribution in [0.2, 0.25) is 0 Å². The Morgan fingerprint density at radius 3 is 2.85 bits per heavy atom. The Hall–Kier alpha value is -1.27. The minimum atomic E-state index is -4.24. The number of para-hydroxylation sites is 1. The maximum atomic E-state index is 11.8. The van der Waals surface area contributed by atoms with Crippen molar-refractivity contribution in [3.05, 3.63) is 29.8 Å². The first-order chi connectivity index (χ1) is 9.54. The van der Waals surface area contributed by atoms with Crippen molar-refractivity contribution in [2.45, 2.75) is 25.1 Å². The van der Waals surface area contributed by atoms with Crippen molar-refractivity contribution in [2.24, 2.45) is 0 Å². The predicted octanol–water partition coefficient (Wildman–Crippen LogP) is 2.55. The summed E-state index contributed by atoms with van der Waals surface area (Å²) >= 11 is 0. The average Bonchev–Trinajstić information content (AvgIpc) is 2.79.